The van der Waals surface area contributed by atoms with Crippen LogP contribution in [0, 0.1) is 0 Å². The van der Waals surface area contributed by atoms with Gasteiger partial charge in [-0.25, -0.2) is 4.90 Å². The summed E-state index contributed by atoms with van der Waals surface area (Å²) in [7, 11) is 2.07. The van der Waals surface area contributed by atoms with Gasteiger partial charge in [-0.05, 0) is 19.2 Å². The van der Waals surface area contributed by atoms with Crippen molar-refractivity contribution in [1.82, 2.24) is 9.80 Å². The minimum absolute atomic E-state index is 0. The fraction of sp³-hybridized carbons (Fsp3) is 0.529. The molecule has 1 unspecified atom stereocenters. The van der Waals surface area contributed by atoms with Gasteiger partial charge in [-0.1, -0.05) is 0 Å². The summed E-state index contributed by atoms with van der Waals surface area (Å²) < 4.78 is 11.1. The van der Waals surface area contributed by atoms with Gasteiger partial charge < -0.3 is 14.4 Å². The fourth-order valence-corrected chi connectivity index (χ4v) is 3.48. The fourth-order valence-electron chi connectivity index (χ4n) is 3.48. The summed E-state index contributed by atoms with van der Waals surface area (Å²) in [5.74, 6) is 0.948. The van der Waals surface area contributed by atoms with Gasteiger partial charge in [0.1, 0.15) is 13.2 Å². The second kappa shape index (κ2) is 7.19. The molecule has 1 aromatic rings. The number of ether oxygens (including phenoxy) is 2. The molecule has 136 valence electrons. The van der Waals surface area contributed by atoms with Gasteiger partial charge in [0.2, 0.25) is 5.91 Å². The van der Waals surface area contributed by atoms with Crippen molar-refractivity contribution in [3.8, 4) is 11.5 Å². The molecule has 0 N–H and O–H groups in total. The molecule has 0 saturated carbocycles. The van der Waals surface area contributed by atoms with Crippen LogP contribution in [-0.2, 0) is 9.59 Å². The molecule has 2 amide bonds. The lowest BCUT2D eigenvalue weighted by atomic mass is 10.2. The Morgan fingerprint density at radius 2 is 1.68 bits per heavy atom. The first-order valence-electron chi connectivity index (χ1n) is 8.32. The van der Waals surface area contributed by atoms with E-state index in [-0.39, 0.29) is 36.7 Å². The molecule has 0 radical (unpaired) electrons. The maximum absolute atomic E-state index is 12.8. The molecule has 2 fully saturated rings. The summed E-state index contributed by atoms with van der Waals surface area (Å²) >= 11 is 0. The maximum Gasteiger partial charge on any atom is 0.251 e. The Labute approximate surface area is 152 Å². The molecule has 0 aliphatic carbocycles. The molecule has 1 aromatic carbocycles. The SMILES string of the molecule is CN1CCN(C2CC(=O)N(c3ccc4c(c3)OCCO4)C2=O)CC1.Cl. The molecule has 25 heavy (non-hydrogen) atoms. The number of imide groups is 1. The summed E-state index contributed by atoms with van der Waals surface area (Å²) in [6.07, 6.45) is 0.247. The van der Waals surface area contributed by atoms with Gasteiger partial charge in [-0.3, -0.25) is 14.5 Å². The van der Waals surface area contributed by atoms with E-state index in [4.69, 9.17) is 9.47 Å². The van der Waals surface area contributed by atoms with Crippen molar-refractivity contribution in [2.45, 2.75) is 12.5 Å². The quantitative estimate of drug-likeness (QED) is 0.719. The number of amides is 2. The number of piperazine rings is 1. The Balaban J connectivity index is 0.00000182. The third kappa shape index (κ3) is 3.31. The largest absolute Gasteiger partial charge is 0.486 e. The average molecular weight is 368 g/mol. The third-order valence-corrected chi connectivity index (χ3v) is 4.89. The molecule has 8 heteroatoms. The van der Waals surface area contributed by atoms with Crippen LogP contribution in [0.4, 0.5) is 5.69 Å². The highest BCUT2D eigenvalue weighted by Gasteiger charge is 2.43. The number of hydrogen-bond acceptors (Lipinski definition) is 6. The van der Waals surface area contributed by atoms with E-state index in [0.717, 1.165) is 26.2 Å². The van der Waals surface area contributed by atoms with E-state index in [1.54, 1.807) is 18.2 Å². The van der Waals surface area contributed by atoms with Gasteiger partial charge in [0.25, 0.3) is 5.91 Å². The number of likely N-dealkylation sites (N-methyl/N-ethyl adjacent to an activating group) is 1. The van der Waals surface area contributed by atoms with Gasteiger partial charge in [0.15, 0.2) is 11.5 Å². The topological polar surface area (TPSA) is 62.3 Å². The van der Waals surface area contributed by atoms with E-state index < -0.39 is 0 Å². The van der Waals surface area contributed by atoms with Crippen LogP contribution in [0.25, 0.3) is 0 Å². The van der Waals surface area contributed by atoms with Crippen molar-refractivity contribution in [2.75, 3.05) is 51.3 Å². The molecule has 2 saturated heterocycles. The molecule has 0 spiro atoms. The Kier molecular flexibility index (Phi) is 5.17. The van der Waals surface area contributed by atoms with Crippen LogP contribution >= 0.6 is 12.4 Å². The Hall–Kier alpha value is -1.83. The first-order chi connectivity index (χ1) is 11.6. The highest BCUT2D eigenvalue weighted by Crippen LogP contribution is 2.36. The highest BCUT2D eigenvalue weighted by atomic mass is 35.5. The van der Waals surface area contributed by atoms with Crippen LogP contribution in [0.3, 0.4) is 0 Å². The smallest absolute Gasteiger partial charge is 0.251 e. The van der Waals surface area contributed by atoms with Gasteiger partial charge >= 0.3 is 0 Å². The van der Waals surface area contributed by atoms with Gasteiger partial charge in [0, 0.05) is 32.2 Å². The second-order valence-electron chi connectivity index (χ2n) is 6.45. The van der Waals surface area contributed by atoms with Crippen LogP contribution in [0.2, 0.25) is 0 Å². The number of carbonyl (C=O) groups excluding carboxylic acids is 2. The summed E-state index contributed by atoms with van der Waals surface area (Å²) in [6, 6.07) is 4.87. The van der Waals surface area contributed by atoms with Crippen molar-refractivity contribution in [2.24, 2.45) is 0 Å². The van der Waals surface area contributed by atoms with Crippen LogP contribution in [0.15, 0.2) is 18.2 Å². The lowest BCUT2D eigenvalue weighted by molar-refractivity contribution is -0.123. The van der Waals surface area contributed by atoms with E-state index in [1.165, 1.54) is 4.90 Å². The van der Waals surface area contributed by atoms with Crippen LogP contribution in [0.5, 0.6) is 11.5 Å². The van der Waals surface area contributed by atoms with E-state index >= 15 is 0 Å². The molecule has 4 rings (SSSR count). The van der Waals surface area contributed by atoms with Crippen LogP contribution in [-0.4, -0.2) is 74.1 Å². The Bertz CT molecular complexity index is 676. The molecule has 3 heterocycles. The monoisotopic (exact) mass is 367 g/mol. The van der Waals surface area contributed by atoms with Gasteiger partial charge in [-0.2, -0.15) is 0 Å². The van der Waals surface area contributed by atoms with Crippen molar-refractivity contribution in [3.05, 3.63) is 18.2 Å². The zero-order chi connectivity index (χ0) is 16.7. The normalized spacial score (nSPS) is 24.4. The predicted octanol–water partition coefficient (Wildman–Crippen LogP) is 0.759. The van der Waals surface area contributed by atoms with E-state index in [2.05, 4.69) is 16.8 Å². The lowest BCUT2D eigenvalue weighted by Crippen LogP contribution is -2.51. The van der Waals surface area contributed by atoms with Crippen LogP contribution < -0.4 is 14.4 Å². The highest BCUT2D eigenvalue weighted by molar-refractivity contribution is 6.22. The molecule has 3 aliphatic heterocycles. The van der Waals surface area contributed by atoms with Crippen molar-refractivity contribution < 1.29 is 19.1 Å². The zero-order valence-corrected chi connectivity index (χ0v) is 15.0. The molecule has 0 bridgehead atoms. The molecule has 1 atom stereocenters. The molecule has 0 aromatic heterocycles. The van der Waals surface area contributed by atoms with Gasteiger partial charge in [-0.15, -0.1) is 12.4 Å². The first kappa shape index (κ1) is 18.0. The van der Waals surface area contributed by atoms with Crippen molar-refractivity contribution >= 4 is 29.9 Å². The number of hydrogen-bond donors (Lipinski definition) is 0. The van der Waals surface area contributed by atoms with Crippen LogP contribution in [0.1, 0.15) is 6.42 Å². The van der Waals surface area contributed by atoms with Gasteiger partial charge in [0.05, 0.1) is 18.2 Å². The number of benzene rings is 1. The minimum Gasteiger partial charge on any atom is -0.486 e. The minimum atomic E-state index is -0.348. The Morgan fingerprint density at radius 3 is 2.40 bits per heavy atom. The summed E-state index contributed by atoms with van der Waals surface area (Å²) in [5.41, 5.74) is 0.561. The molecule has 7 nitrogen and oxygen atoms in total. The maximum atomic E-state index is 12.8. The number of anilines is 1. The summed E-state index contributed by atoms with van der Waals surface area (Å²) in [5, 5.41) is 0. The second-order valence-corrected chi connectivity index (χ2v) is 6.45. The number of carbonyl (C=O) groups is 2. The average Bonchev–Trinajstić information content (AvgIpc) is 2.90. The molecule has 3 aliphatic rings. The molecular formula is C17H22ClN3O4. The van der Waals surface area contributed by atoms with E-state index in [9.17, 15) is 9.59 Å². The number of nitrogens with zero attached hydrogens (tertiary/aromatic N) is 3. The Morgan fingerprint density at radius 1 is 1.00 bits per heavy atom. The number of halogens is 1. The summed E-state index contributed by atoms with van der Waals surface area (Å²) in [6.45, 7) is 4.45. The predicted molar refractivity (Wildman–Crippen MR) is 94.6 cm³/mol. The molecular weight excluding hydrogens is 346 g/mol. The summed E-state index contributed by atoms with van der Waals surface area (Å²) in [4.78, 5) is 31.0. The zero-order valence-electron chi connectivity index (χ0n) is 14.1. The lowest BCUT2D eigenvalue weighted by Gasteiger charge is -2.35. The van der Waals surface area contributed by atoms with E-state index in [0.29, 0.717) is 30.4 Å². The van der Waals surface area contributed by atoms with Crippen molar-refractivity contribution in [1.29, 1.82) is 0 Å². The third-order valence-electron chi connectivity index (χ3n) is 4.89. The van der Waals surface area contributed by atoms with Crippen molar-refractivity contribution in [3.63, 3.8) is 0 Å². The van der Waals surface area contributed by atoms with E-state index in [1.807, 2.05) is 0 Å². The number of rotatable bonds is 2. The standard InChI is InChI=1S/C17H21N3O4.ClH/c1-18-4-6-19(7-5-18)13-11-16(21)20(17(13)22)12-2-3-14-15(10-12)24-9-8-23-14;/h2-3,10,13H,4-9,11H2,1H3;1H. The number of fused-ring (bicyclic) bond motifs is 1. The first-order valence-corrected chi connectivity index (χ1v) is 8.32.